The van der Waals surface area contributed by atoms with E-state index in [1.807, 2.05) is 0 Å². The number of nitrogens with one attached hydrogen (secondary N) is 1. The molecule has 0 fully saturated rings. The van der Waals surface area contributed by atoms with Crippen molar-refractivity contribution in [1.29, 1.82) is 0 Å². The molecule has 1 atom stereocenters. The zero-order valence-corrected chi connectivity index (χ0v) is 9.76. The summed E-state index contributed by atoms with van der Waals surface area (Å²) in [7, 11) is 1.23. The van der Waals surface area contributed by atoms with E-state index in [1.54, 1.807) is 0 Å². The molecule has 1 aromatic rings. The van der Waals surface area contributed by atoms with Crippen molar-refractivity contribution in [3.05, 3.63) is 0 Å². The minimum Gasteiger partial charge on any atom is -0.468 e. The van der Waals surface area contributed by atoms with Gasteiger partial charge in [0, 0.05) is 0 Å². The van der Waals surface area contributed by atoms with Crippen LogP contribution >= 0.6 is 24.0 Å². The van der Waals surface area contributed by atoms with Crippen LogP contribution in [0.15, 0.2) is 4.34 Å². The number of methoxy groups -OCH3 is 1. The molecule has 0 saturated carbocycles. The number of rotatable bonds is 3. The predicted octanol–water partition coefficient (Wildman–Crippen LogP) is 0.574. The number of esters is 1. The number of amides is 1. The molecule has 82 valence electrons. The first-order valence-corrected chi connectivity index (χ1v) is 5.22. The maximum absolute atomic E-state index is 11.4. The molecule has 0 aliphatic carbocycles. The standard InChI is InChI=1S/C7H9N3O3S2/c1-3(5(12)13-2)4(11)8-6-9-10-7(14)15-6/h3H,1-2H3,(H,10,14)(H,8,9,11). The lowest BCUT2D eigenvalue weighted by Crippen LogP contribution is -2.28. The lowest BCUT2D eigenvalue weighted by Gasteiger charge is -2.07. The Kier molecular flexibility index (Phi) is 4.04. The summed E-state index contributed by atoms with van der Waals surface area (Å²) in [4.78, 5) is 22.4. The van der Waals surface area contributed by atoms with Crippen LogP contribution in [-0.2, 0) is 14.3 Å². The number of hydrogen-bond acceptors (Lipinski definition) is 7. The van der Waals surface area contributed by atoms with Crippen molar-refractivity contribution in [2.24, 2.45) is 5.92 Å². The Morgan fingerprint density at radius 1 is 1.53 bits per heavy atom. The van der Waals surface area contributed by atoms with Gasteiger partial charge in [0.2, 0.25) is 11.0 Å². The smallest absolute Gasteiger partial charge is 0.317 e. The zero-order chi connectivity index (χ0) is 11.4. The number of carbonyl (C=O) groups is 2. The van der Waals surface area contributed by atoms with Crippen molar-refractivity contribution in [2.75, 3.05) is 12.4 Å². The summed E-state index contributed by atoms with van der Waals surface area (Å²) >= 11 is 5.05. The molecule has 0 aromatic carbocycles. The van der Waals surface area contributed by atoms with E-state index >= 15 is 0 Å². The molecule has 0 spiro atoms. The molecule has 1 unspecified atom stereocenters. The monoisotopic (exact) mass is 247 g/mol. The van der Waals surface area contributed by atoms with Crippen LogP contribution in [0.4, 0.5) is 5.13 Å². The normalized spacial score (nSPS) is 11.9. The molecule has 15 heavy (non-hydrogen) atoms. The van der Waals surface area contributed by atoms with Crippen LogP contribution in [0.3, 0.4) is 0 Å². The number of anilines is 1. The van der Waals surface area contributed by atoms with Crippen LogP contribution in [0, 0.1) is 5.92 Å². The molecule has 1 amide bonds. The number of ether oxygens (including phenoxy) is 1. The van der Waals surface area contributed by atoms with E-state index in [9.17, 15) is 9.59 Å². The van der Waals surface area contributed by atoms with Crippen LogP contribution in [0.1, 0.15) is 6.92 Å². The van der Waals surface area contributed by atoms with Crippen molar-refractivity contribution in [3.8, 4) is 0 Å². The van der Waals surface area contributed by atoms with Crippen molar-refractivity contribution in [3.63, 3.8) is 0 Å². The third-order valence-electron chi connectivity index (χ3n) is 1.59. The molecule has 0 aliphatic rings. The van der Waals surface area contributed by atoms with Crippen molar-refractivity contribution < 1.29 is 14.3 Å². The van der Waals surface area contributed by atoms with E-state index in [-0.39, 0.29) is 0 Å². The van der Waals surface area contributed by atoms with Crippen LogP contribution in [0.5, 0.6) is 0 Å². The first-order valence-electron chi connectivity index (χ1n) is 3.95. The van der Waals surface area contributed by atoms with E-state index in [1.165, 1.54) is 14.0 Å². The second kappa shape index (κ2) is 5.08. The fraction of sp³-hybridized carbons (Fsp3) is 0.429. The lowest BCUT2D eigenvalue weighted by molar-refractivity contribution is -0.147. The maximum Gasteiger partial charge on any atom is 0.317 e. The molecule has 6 nitrogen and oxygen atoms in total. The van der Waals surface area contributed by atoms with E-state index in [4.69, 9.17) is 0 Å². The SMILES string of the molecule is COC(=O)C(C)C(=O)Nc1nnc(S)s1. The molecular formula is C7H9N3O3S2. The van der Waals surface area contributed by atoms with E-state index in [0.29, 0.717) is 9.47 Å². The fourth-order valence-electron chi connectivity index (χ4n) is 0.763. The Labute approximate surface area is 95.4 Å². The third-order valence-corrected chi connectivity index (χ3v) is 2.60. The molecule has 0 saturated heterocycles. The first-order chi connectivity index (χ1) is 7.04. The Morgan fingerprint density at radius 3 is 2.67 bits per heavy atom. The van der Waals surface area contributed by atoms with Crippen molar-refractivity contribution >= 4 is 41.0 Å². The Bertz CT molecular complexity index is 379. The van der Waals surface area contributed by atoms with Gasteiger partial charge in [-0.15, -0.1) is 22.8 Å². The van der Waals surface area contributed by atoms with Crippen LogP contribution in [0.2, 0.25) is 0 Å². The summed E-state index contributed by atoms with van der Waals surface area (Å²) in [5.41, 5.74) is 0. The number of nitrogens with zero attached hydrogens (tertiary/aromatic N) is 2. The highest BCUT2D eigenvalue weighted by Crippen LogP contribution is 2.18. The topological polar surface area (TPSA) is 81.2 Å². The van der Waals surface area contributed by atoms with E-state index in [0.717, 1.165) is 11.3 Å². The Morgan fingerprint density at radius 2 is 2.20 bits per heavy atom. The van der Waals surface area contributed by atoms with Gasteiger partial charge >= 0.3 is 5.97 Å². The summed E-state index contributed by atoms with van der Waals surface area (Å²) in [5.74, 6) is -1.95. The summed E-state index contributed by atoms with van der Waals surface area (Å²) in [5, 5.41) is 9.97. The van der Waals surface area contributed by atoms with Gasteiger partial charge in [0.1, 0.15) is 5.92 Å². The average Bonchev–Trinajstić information content (AvgIpc) is 2.61. The second-order valence-corrected chi connectivity index (χ2v) is 4.33. The van der Waals surface area contributed by atoms with Crippen LogP contribution < -0.4 is 5.32 Å². The van der Waals surface area contributed by atoms with Gasteiger partial charge in [-0.2, -0.15) is 0 Å². The average molecular weight is 247 g/mol. The van der Waals surface area contributed by atoms with Gasteiger partial charge in [-0.3, -0.25) is 14.9 Å². The number of aromatic nitrogens is 2. The summed E-state index contributed by atoms with van der Waals surface area (Å²) in [6.07, 6.45) is 0. The van der Waals surface area contributed by atoms with E-state index < -0.39 is 17.8 Å². The fourth-order valence-corrected chi connectivity index (χ4v) is 1.56. The molecule has 1 aromatic heterocycles. The van der Waals surface area contributed by atoms with Gasteiger partial charge in [0.15, 0.2) is 4.34 Å². The Balaban J connectivity index is 2.59. The predicted molar refractivity (Wildman–Crippen MR) is 57.0 cm³/mol. The van der Waals surface area contributed by atoms with Gasteiger partial charge in [0.25, 0.3) is 0 Å². The molecule has 8 heteroatoms. The molecular weight excluding hydrogens is 238 g/mol. The van der Waals surface area contributed by atoms with E-state index in [2.05, 4.69) is 32.9 Å². The van der Waals surface area contributed by atoms with Crippen molar-refractivity contribution in [2.45, 2.75) is 11.3 Å². The summed E-state index contributed by atoms with van der Waals surface area (Å²) in [6.45, 7) is 1.45. The summed E-state index contributed by atoms with van der Waals surface area (Å²) < 4.78 is 4.87. The molecule has 0 radical (unpaired) electrons. The highest BCUT2D eigenvalue weighted by molar-refractivity contribution is 7.82. The van der Waals surface area contributed by atoms with Crippen LogP contribution in [-0.4, -0.2) is 29.2 Å². The maximum atomic E-state index is 11.4. The van der Waals surface area contributed by atoms with Gasteiger partial charge in [-0.1, -0.05) is 11.3 Å². The first kappa shape index (κ1) is 11.9. The van der Waals surface area contributed by atoms with Gasteiger partial charge in [-0.25, -0.2) is 0 Å². The second-order valence-electron chi connectivity index (χ2n) is 2.62. The number of hydrogen-bond donors (Lipinski definition) is 2. The molecule has 1 heterocycles. The van der Waals surface area contributed by atoms with Gasteiger partial charge < -0.3 is 4.74 Å². The number of thiol groups is 1. The molecule has 0 aliphatic heterocycles. The molecule has 1 rings (SSSR count). The highest BCUT2D eigenvalue weighted by Gasteiger charge is 2.22. The lowest BCUT2D eigenvalue weighted by atomic mass is 10.2. The Hall–Kier alpha value is -1.15. The molecule has 0 bridgehead atoms. The minimum atomic E-state index is -0.873. The summed E-state index contributed by atoms with van der Waals surface area (Å²) in [6, 6.07) is 0. The quantitative estimate of drug-likeness (QED) is 0.353. The third kappa shape index (κ3) is 3.17. The van der Waals surface area contributed by atoms with Gasteiger partial charge in [-0.05, 0) is 6.92 Å². The minimum absolute atomic E-state index is 0.306. The van der Waals surface area contributed by atoms with Crippen LogP contribution in [0.25, 0.3) is 0 Å². The van der Waals surface area contributed by atoms with Crippen molar-refractivity contribution in [1.82, 2.24) is 10.2 Å². The highest BCUT2D eigenvalue weighted by atomic mass is 32.2. The molecule has 1 N–H and O–H groups in total. The number of carbonyl (C=O) groups excluding carboxylic acids is 2. The van der Waals surface area contributed by atoms with Gasteiger partial charge in [0.05, 0.1) is 7.11 Å². The largest absolute Gasteiger partial charge is 0.468 e. The zero-order valence-electron chi connectivity index (χ0n) is 8.05.